The van der Waals surface area contributed by atoms with Gasteiger partial charge in [0.05, 0.1) is 0 Å². The van der Waals surface area contributed by atoms with Crippen LogP contribution in [0.3, 0.4) is 0 Å². The topological polar surface area (TPSA) is 0 Å². The Balaban J connectivity index is 2.45. The highest BCUT2D eigenvalue weighted by molar-refractivity contribution is 5.05. The first-order valence-electron chi connectivity index (χ1n) is 3.61. The standard InChI is InChI=1S/C9H14/c1-3-9-6-4-8(2)5-7-9/h3-4,9H,1,5-7H2,2H3. The fourth-order valence-electron chi connectivity index (χ4n) is 1.20. The molecule has 0 N–H and O–H groups in total. The molecule has 0 saturated carbocycles. The van der Waals surface area contributed by atoms with Gasteiger partial charge in [-0.15, -0.1) is 6.58 Å². The first kappa shape index (κ1) is 6.60. The Morgan fingerprint density at radius 1 is 1.78 bits per heavy atom. The van der Waals surface area contributed by atoms with E-state index in [0.29, 0.717) is 0 Å². The summed E-state index contributed by atoms with van der Waals surface area (Å²) in [6.07, 6.45) is 8.20. The zero-order valence-corrected chi connectivity index (χ0v) is 6.06. The van der Waals surface area contributed by atoms with Gasteiger partial charge in [0.15, 0.2) is 0 Å². The van der Waals surface area contributed by atoms with E-state index in [4.69, 9.17) is 0 Å². The highest BCUT2D eigenvalue weighted by Crippen LogP contribution is 2.23. The molecule has 0 heterocycles. The summed E-state index contributed by atoms with van der Waals surface area (Å²) in [4.78, 5) is 0. The number of allylic oxidation sites excluding steroid dienone is 3. The Morgan fingerprint density at radius 3 is 3.00 bits per heavy atom. The van der Waals surface area contributed by atoms with Crippen LogP contribution < -0.4 is 0 Å². The molecule has 0 aromatic rings. The average molecular weight is 122 g/mol. The fraction of sp³-hybridized carbons (Fsp3) is 0.556. The molecule has 0 spiro atoms. The molecular weight excluding hydrogens is 108 g/mol. The molecule has 1 aliphatic rings. The summed E-state index contributed by atoms with van der Waals surface area (Å²) in [6.45, 7) is 5.99. The summed E-state index contributed by atoms with van der Waals surface area (Å²) in [5, 5.41) is 0. The van der Waals surface area contributed by atoms with Gasteiger partial charge in [-0.05, 0) is 32.1 Å². The van der Waals surface area contributed by atoms with Gasteiger partial charge in [-0.25, -0.2) is 0 Å². The van der Waals surface area contributed by atoms with E-state index in [1.165, 1.54) is 19.3 Å². The molecule has 0 fully saturated rings. The number of hydrogen-bond acceptors (Lipinski definition) is 0. The molecule has 9 heavy (non-hydrogen) atoms. The van der Waals surface area contributed by atoms with Crippen molar-refractivity contribution in [1.29, 1.82) is 0 Å². The maximum Gasteiger partial charge on any atom is -0.0198 e. The van der Waals surface area contributed by atoms with Crippen LogP contribution in [0, 0.1) is 5.92 Å². The first-order chi connectivity index (χ1) is 4.33. The van der Waals surface area contributed by atoms with Gasteiger partial charge in [0.25, 0.3) is 0 Å². The van der Waals surface area contributed by atoms with Crippen LogP contribution in [0.15, 0.2) is 24.3 Å². The van der Waals surface area contributed by atoms with E-state index < -0.39 is 0 Å². The van der Waals surface area contributed by atoms with E-state index in [-0.39, 0.29) is 0 Å². The zero-order chi connectivity index (χ0) is 6.69. The van der Waals surface area contributed by atoms with Crippen LogP contribution in [-0.2, 0) is 0 Å². The largest absolute Gasteiger partial charge is 0.103 e. The lowest BCUT2D eigenvalue weighted by Crippen LogP contribution is -2.00. The van der Waals surface area contributed by atoms with Crippen molar-refractivity contribution < 1.29 is 0 Å². The van der Waals surface area contributed by atoms with Crippen molar-refractivity contribution >= 4 is 0 Å². The first-order valence-corrected chi connectivity index (χ1v) is 3.61. The van der Waals surface area contributed by atoms with E-state index in [1.807, 2.05) is 0 Å². The summed E-state index contributed by atoms with van der Waals surface area (Å²) in [5.74, 6) is 0.758. The van der Waals surface area contributed by atoms with Gasteiger partial charge < -0.3 is 0 Å². The van der Waals surface area contributed by atoms with Gasteiger partial charge in [0.1, 0.15) is 0 Å². The minimum atomic E-state index is 0.758. The van der Waals surface area contributed by atoms with Crippen molar-refractivity contribution in [2.75, 3.05) is 0 Å². The monoisotopic (exact) mass is 122 g/mol. The zero-order valence-electron chi connectivity index (χ0n) is 6.06. The molecule has 1 aliphatic carbocycles. The average Bonchev–Trinajstić information content (AvgIpc) is 1.90. The Kier molecular flexibility index (Phi) is 2.10. The molecule has 0 aliphatic heterocycles. The van der Waals surface area contributed by atoms with E-state index >= 15 is 0 Å². The molecule has 0 bridgehead atoms. The molecule has 0 nitrogen and oxygen atoms in total. The van der Waals surface area contributed by atoms with Crippen molar-refractivity contribution in [1.82, 2.24) is 0 Å². The highest BCUT2D eigenvalue weighted by atomic mass is 14.1. The number of hydrogen-bond donors (Lipinski definition) is 0. The Labute approximate surface area is 57.3 Å². The summed E-state index contributed by atoms with van der Waals surface area (Å²) in [5.41, 5.74) is 1.55. The lowest BCUT2D eigenvalue weighted by atomic mass is 9.91. The van der Waals surface area contributed by atoms with E-state index in [1.54, 1.807) is 5.57 Å². The van der Waals surface area contributed by atoms with Gasteiger partial charge in [-0.1, -0.05) is 17.7 Å². The molecule has 1 atom stereocenters. The van der Waals surface area contributed by atoms with Crippen molar-refractivity contribution in [2.24, 2.45) is 5.92 Å². The third kappa shape index (κ3) is 1.70. The molecule has 0 heteroatoms. The van der Waals surface area contributed by atoms with Gasteiger partial charge in [0.2, 0.25) is 0 Å². The molecular formula is C9H14. The lowest BCUT2D eigenvalue weighted by molar-refractivity contribution is 0.568. The SMILES string of the molecule is C=CC1CC=C(C)CC1. The second-order valence-corrected chi connectivity index (χ2v) is 2.82. The van der Waals surface area contributed by atoms with E-state index in [9.17, 15) is 0 Å². The maximum absolute atomic E-state index is 3.78. The molecule has 1 unspecified atom stereocenters. The molecule has 0 radical (unpaired) electrons. The van der Waals surface area contributed by atoms with Gasteiger partial charge in [-0.2, -0.15) is 0 Å². The van der Waals surface area contributed by atoms with Crippen LogP contribution in [0.5, 0.6) is 0 Å². The molecule has 0 aromatic carbocycles. The molecule has 50 valence electrons. The normalized spacial score (nSPS) is 27.2. The Bertz CT molecular complexity index is 131. The second kappa shape index (κ2) is 2.86. The highest BCUT2D eigenvalue weighted by Gasteiger charge is 2.07. The quantitative estimate of drug-likeness (QED) is 0.469. The summed E-state index contributed by atoms with van der Waals surface area (Å²) >= 11 is 0. The molecule has 0 aromatic heterocycles. The predicted octanol–water partition coefficient (Wildman–Crippen LogP) is 2.92. The van der Waals surface area contributed by atoms with Gasteiger partial charge in [0, 0.05) is 0 Å². The van der Waals surface area contributed by atoms with Crippen molar-refractivity contribution in [3.05, 3.63) is 24.3 Å². The van der Waals surface area contributed by atoms with Crippen LogP contribution in [0.2, 0.25) is 0 Å². The van der Waals surface area contributed by atoms with Gasteiger partial charge in [-0.3, -0.25) is 0 Å². The fourth-order valence-corrected chi connectivity index (χ4v) is 1.20. The third-order valence-corrected chi connectivity index (χ3v) is 2.01. The maximum atomic E-state index is 3.78. The Morgan fingerprint density at radius 2 is 2.56 bits per heavy atom. The summed E-state index contributed by atoms with van der Waals surface area (Å²) in [6, 6.07) is 0. The van der Waals surface area contributed by atoms with Crippen molar-refractivity contribution in [3.8, 4) is 0 Å². The minimum absolute atomic E-state index is 0.758. The summed E-state index contributed by atoms with van der Waals surface area (Å²) in [7, 11) is 0. The third-order valence-electron chi connectivity index (χ3n) is 2.01. The predicted molar refractivity (Wildman–Crippen MR) is 41.3 cm³/mol. The summed E-state index contributed by atoms with van der Waals surface area (Å²) < 4.78 is 0. The Hall–Kier alpha value is -0.520. The molecule has 0 saturated heterocycles. The lowest BCUT2D eigenvalue weighted by Gasteiger charge is -2.15. The van der Waals surface area contributed by atoms with Crippen molar-refractivity contribution in [2.45, 2.75) is 26.2 Å². The van der Waals surface area contributed by atoms with E-state index in [2.05, 4.69) is 25.7 Å². The van der Waals surface area contributed by atoms with Crippen LogP contribution in [-0.4, -0.2) is 0 Å². The molecule has 0 amide bonds. The molecule has 1 rings (SSSR count). The second-order valence-electron chi connectivity index (χ2n) is 2.82. The van der Waals surface area contributed by atoms with Crippen LogP contribution in [0.1, 0.15) is 26.2 Å². The van der Waals surface area contributed by atoms with Crippen molar-refractivity contribution in [3.63, 3.8) is 0 Å². The van der Waals surface area contributed by atoms with E-state index in [0.717, 1.165) is 5.92 Å². The smallest absolute Gasteiger partial charge is 0.0198 e. The van der Waals surface area contributed by atoms with Crippen LogP contribution in [0.4, 0.5) is 0 Å². The minimum Gasteiger partial charge on any atom is -0.103 e. The van der Waals surface area contributed by atoms with Gasteiger partial charge >= 0.3 is 0 Å². The van der Waals surface area contributed by atoms with Crippen LogP contribution >= 0.6 is 0 Å². The number of rotatable bonds is 1. The van der Waals surface area contributed by atoms with Crippen LogP contribution in [0.25, 0.3) is 0 Å².